The average Bonchev–Trinajstić information content (AvgIpc) is 2.57. The van der Waals surface area contributed by atoms with E-state index in [1.165, 1.54) is 6.20 Å². The summed E-state index contributed by atoms with van der Waals surface area (Å²) in [5.74, 6) is 0.670. The van der Waals surface area contributed by atoms with Gasteiger partial charge in [-0.25, -0.2) is 9.97 Å². The molecule has 24 heavy (non-hydrogen) atoms. The first-order chi connectivity index (χ1) is 11.5. The van der Waals surface area contributed by atoms with Gasteiger partial charge in [0.05, 0.1) is 19.0 Å². The molecule has 2 N–H and O–H groups in total. The molecule has 0 bridgehead atoms. The monoisotopic (exact) mass is 328 g/mol. The molecule has 0 saturated carbocycles. The van der Waals surface area contributed by atoms with E-state index in [2.05, 4.69) is 34.4 Å². The molecule has 1 aromatic carbocycles. The summed E-state index contributed by atoms with van der Waals surface area (Å²) < 4.78 is 4.96. The summed E-state index contributed by atoms with van der Waals surface area (Å²) in [6.07, 6.45) is 3.02. The lowest BCUT2D eigenvalue weighted by Gasteiger charge is -2.16. The van der Waals surface area contributed by atoms with Crippen molar-refractivity contribution in [3.8, 4) is 0 Å². The highest BCUT2D eigenvalue weighted by Crippen LogP contribution is 2.27. The van der Waals surface area contributed by atoms with Crippen molar-refractivity contribution in [1.82, 2.24) is 9.97 Å². The molecule has 6 nitrogen and oxygen atoms in total. The van der Waals surface area contributed by atoms with E-state index in [0.29, 0.717) is 24.9 Å². The molecule has 0 aliphatic rings. The fraction of sp³-hybridized carbons (Fsp3) is 0.389. The van der Waals surface area contributed by atoms with Crippen molar-refractivity contribution in [2.75, 3.05) is 30.9 Å². The molecular formula is C18H24N4O2. The number of carbonyl (C=O) groups excluding carboxylic acids is 1. The molecule has 6 heteroatoms. The van der Waals surface area contributed by atoms with Crippen LogP contribution < -0.4 is 10.6 Å². The second kappa shape index (κ2) is 8.40. The number of carbonyl (C=O) groups is 1. The van der Waals surface area contributed by atoms with Gasteiger partial charge in [-0.2, -0.15) is 0 Å². The lowest BCUT2D eigenvalue weighted by Crippen LogP contribution is -2.17. The Balaban J connectivity index is 2.10. The third kappa shape index (κ3) is 4.52. The predicted molar refractivity (Wildman–Crippen MR) is 95.6 cm³/mol. The van der Waals surface area contributed by atoms with E-state index >= 15 is 0 Å². The molecule has 0 aliphatic heterocycles. The number of hydrogen-bond donors (Lipinski definition) is 2. The molecule has 0 atom stereocenters. The maximum Gasteiger partial charge on any atom is 0.275 e. The number of rotatable bonds is 7. The third-order valence-corrected chi connectivity index (χ3v) is 3.66. The number of benzene rings is 1. The topological polar surface area (TPSA) is 76.1 Å². The molecule has 1 amide bonds. The number of ether oxygens (including phenoxy) is 1. The van der Waals surface area contributed by atoms with Crippen LogP contribution in [0.4, 0.5) is 11.5 Å². The first-order valence-electron chi connectivity index (χ1n) is 7.98. The second-order valence-corrected chi connectivity index (χ2v) is 5.85. The predicted octanol–water partition coefficient (Wildman–Crippen LogP) is 3.22. The Morgan fingerprint density at radius 3 is 2.67 bits per heavy atom. The van der Waals surface area contributed by atoms with Gasteiger partial charge in [0, 0.05) is 19.3 Å². The number of nitrogens with zero attached hydrogens (tertiary/aromatic N) is 2. The van der Waals surface area contributed by atoms with Crippen molar-refractivity contribution in [3.05, 3.63) is 47.4 Å². The van der Waals surface area contributed by atoms with E-state index in [1.54, 1.807) is 13.3 Å². The van der Waals surface area contributed by atoms with Gasteiger partial charge in [-0.05, 0) is 24.0 Å². The summed E-state index contributed by atoms with van der Waals surface area (Å²) in [7, 11) is 1.64. The van der Waals surface area contributed by atoms with Gasteiger partial charge in [0.25, 0.3) is 5.91 Å². The largest absolute Gasteiger partial charge is 0.383 e. The van der Waals surface area contributed by atoms with Crippen LogP contribution in [0.3, 0.4) is 0 Å². The number of aromatic nitrogens is 2. The van der Waals surface area contributed by atoms with Crippen molar-refractivity contribution in [3.63, 3.8) is 0 Å². The van der Waals surface area contributed by atoms with Gasteiger partial charge >= 0.3 is 0 Å². The molecule has 1 heterocycles. The highest BCUT2D eigenvalue weighted by molar-refractivity contribution is 6.03. The SMILES string of the molecule is COCCNc1cnc(C(=O)Nc2c(C)cccc2C(C)C)cn1. The third-order valence-electron chi connectivity index (χ3n) is 3.66. The number of methoxy groups -OCH3 is 1. The summed E-state index contributed by atoms with van der Waals surface area (Å²) in [5.41, 5.74) is 3.27. The fourth-order valence-corrected chi connectivity index (χ4v) is 2.34. The summed E-state index contributed by atoms with van der Waals surface area (Å²) >= 11 is 0. The first kappa shape index (κ1) is 17.9. The van der Waals surface area contributed by atoms with Crippen LogP contribution in [-0.4, -0.2) is 36.1 Å². The van der Waals surface area contributed by atoms with E-state index in [-0.39, 0.29) is 11.6 Å². The average molecular weight is 328 g/mol. The van der Waals surface area contributed by atoms with E-state index in [4.69, 9.17) is 4.74 Å². The van der Waals surface area contributed by atoms with Crippen molar-refractivity contribution >= 4 is 17.4 Å². The van der Waals surface area contributed by atoms with E-state index < -0.39 is 0 Å². The van der Waals surface area contributed by atoms with Crippen molar-refractivity contribution in [2.45, 2.75) is 26.7 Å². The maximum atomic E-state index is 12.5. The number of hydrogen-bond acceptors (Lipinski definition) is 5. The van der Waals surface area contributed by atoms with Gasteiger partial charge in [-0.3, -0.25) is 4.79 Å². The molecule has 128 valence electrons. The van der Waals surface area contributed by atoms with Crippen LogP contribution in [0.25, 0.3) is 0 Å². The van der Waals surface area contributed by atoms with Crippen molar-refractivity contribution in [1.29, 1.82) is 0 Å². The molecule has 0 spiro atoms. The van der Waals surface area contributed by atoms with Gasteiger partial charge in [-0.1, -0.05) is 32.0 Å². The van der Waals surface area contributed by atoms with Crippen LogP contribution in [0.15, 0.2) is 30.6 Å². The van der Waals surface area contributed by atoms with Crippen molar-refractivity contribution in [2.24, 2.45) is 0 Å². The van der Waals surface area contributed by atoms with Crippen LogP contribution in [0.5, 0.6) is 0 Å². The smallest absolute Gasteiger partial charge is 0.275 e. The minimum Gasteiger partial charge on any atom is -0.383 e. The molecule has 0 unspecified atom stereocenters. The summed E-state index contributed by atoms with van der Waals surface area (Å²) in [4.78, 5) is 20.8. The van der Waals surface area contributed by atoms with Crippen molar-refractivity contribution < 1.29 is 9.53 Å². The number of aryl methyl sites for hydroxylation is 1. The molecule has 0 aliphatic carbocycles. The lowest BCUT2D eigenvalue weighted by atomic mass is 9.98. The van der Waals surface area contributed by atoms with Crippen LogP contribution >= 0.6 is 0 Å². The first-order valence-corrected chi connectivity index (χ1v) is 7.98. The van der Waals surface area contributed by atoms with Crippen LogP contribution in [-0.2, 0) is 4.74 Å². The molecule has 1 aromatic heterocycles. The van der Waals surface area contributed by atoms with Gasteiger partial charge in [-0.15, -0.1) is 0 Å². The Hall–Kier alpha value is -2.47. The maximum absolute atomic E-state index is 12.5. The number of anilines is 2. The molecule has 2 aromatic rings. The standard InChI is InChI=1S/C18H24N4O2/c1-12(2)14-7-5-6-13(3)17(14)22-18(23)15-10-21-16(11-20-15)19-8-9-24-4/h5-7,10-12H,8-9H2,1-4H3,(H,19,21)(H,22,23). The van der Waals surface area contributed by atoms with E-state index in [9.17, 15) is 4.79 Å². The summed E-state index contributed by atoms with van der Waals surface area (Å²) in [6, 6.07) is 6.01. The fourth-order valence-electron chi connectivity index (χ4n) is 2.34. The highest BCUT2D eigenvalue weighted by Gasteiger charge is 2.14. The van der Waals surface area contributed by atoms with E-state index in [0.717, 1.165) is 16.8 Å². The van der Waals surface area contributed by atoms with Gasteiger partial charge in [0.1, 0.15) is 11.5 Å². The Morgan fingerprint density at radius 1 is 1.25 bits per heavy atom. The number of amides is 1. The molecule has 0 saturated heterocycles. The second-order valence-electron chi connectivity index (χ2n) is 5.85. The molecule has 2 rings (SSSR count). The quantitative estimate of drug-likeness (QED) is 0.763. The molecule has 0 fully saturated rings. The Kier molecular flexibility index (Phi) is 6.26. The van der Waals surface area contributed by atoms with Crippen LogP contribution in [0, 0.1) is 6.92 Å². The zero-order chi connectivity index (χ0) is 17.5. The van der Waals surface area contributed by atoms with Gasteiger partial charge in [0.2, 0.25) is 0 Å². The van der Waals surface area contributed by atoms with Gasteiger partial charge < -0.3 is 15.4 Å². The minimum atomic E-state index is -0.262. The Labute approximate surface area is 142 Å². The highest BCUT2D eigenvalue weighted by atomic mass is 16.5. The normalized spacial score (nSPS) is 10.7. The zero-order valence-corrected chi connectivity index (χ0v) is 14.6. The lowest BCUT2D eigenvalue weighted by molar-refractivity contribution is 0.102. The van der Waals surface area contributed by atoms with Crippen LogP contribution in [0.1, 0.15) is 41.4 Å². The minimum absolute atomic E-state index is 0.262. The van der Waals surface area contributed by atoms with Gasteiger partial charge in [0.15, 0.2) is 0 Å². The zero-order valence-electron chi connectivity index (χ0n) is 14.6. The number of para-hydroxylation sites is 1. The van der Waals surface area contributed by atoms with E-state index in [1.807, 2.05) is 25.1 Å². The van der Waals surface area contributed by atoms with Crippen LogP contribution in [0.2, 0.25) is 0 Å². The Bertz CT molecular complexity index is 684. The Morgan fingerprint density at radius 2 is 2.04 bits per heavy atom. The molecular weight excluding hydrogens is 304 g/mol. The number of nitrogens with one attached hydrogen (secondary N) is 2. The summed E-state index contributed by atoms with van der Waals surface area (Å²) in [6.45, 7) is 7.40. The molecule has 0 radical (unpaired) electrons. The summed E-state index contributed by atoms with van der Waals surface area (Å²) in [5, 5.41) is 6.03.